The number of rotatable bonds is 5. The van der Waals surface area contributed by atoms with Crippen LogP contribution in [-0.4, -0.2) is 21.8 Å². The second-order valence-electron chi connectivity index (χ2n) is 4.01. The van der Waals surface area contributed by atoms with E-state index in [1.807, 2.05) is 13.0 Å². The maximum absolute atomic E-state index is 9.42. The molecular formula is C13H17N3O2. The molecular weight excluding hydrogens is 230 g/mol. The van der Waals surface area contributed by atoms with Crippen LogP contribution in [0, 0.1) is 0 Å². The van der Waals surface area contributed by atoms with Crippen molar-refractivity contribution in [1.29, 1.82) is 0 Å². The number of nitrogens with one attached hydrogen (secondary N) is 1. The van der Waals surface area contributed by atoms with Gasteiger partial charge in [-0.1, -0.05) is 19.9 Å². The third-order valence-corrected chi connectivity index (χ3v) is 2.69. The van der Waals surface area contributed by atoms with E-state index in [4.69, 9.17) is 4.42 Å². The monoisotopic (exact) mass is 247 g/mol. The lowest BCUT2D eigenvalue weighted by atomic mass is 10.2. The smallest absolute Gasteiger partial charge is 0.247 e. The average molecular weight is 247 g/mol. The van der Waals surface area contributed by atoms with Gasteiger partial charge in [0.15, 0.2) is 0 Å². The van der Waals surface area contributed by atoms with Crippen molar-refractivity contribution in [2.24, 2.45) is 0 Å². The van der Waals surface area contributed by atoms with Gasteiger partial charge in [-0.05, 0) is 31.2 Å². The van der Waals surface area contributed by atoms with Crippen LogP contribution in [0.5, 0.6) is 5.75 Å². The zero-order chi connectivity index (χ0) is 13.0. The van der Waals surface area contributed by atoms with Crippen LogP contribution < -0.4 is 5.32 Å². The summed E-state index contributed by atoms with van der Waals surface area (Å²) in [6.45, 7) is 4.95. The van der Waals surface area contributed by atoms with Crippen molar-refractivity contribution < 1.29 is 9.52 Å². The Balaban J connectivity index is 2.24. The molecule has 0 saturated carbocycles. The van der Waals surface area contributed by atoms with Gasteiger partial charge in [0.25, 0.3) is 0 Å². The van der Waals surface area contributed by atoms with Gasteiger partial charge >= 0.3 is 0 Å². The Hall–Kier alpha value is -1.88. The second kappa shape index (κ2) is 5.64. The summed E-state index contributed by atoms with van der Waals surface area (Å²) in [7, 11) is 0. The van der Waals surface area contributed by atoms with Crippen LogP contribution in [0.15, 0.2) is 28.7 Å². The van der Waals surface area contributed by atoms with Crippen LogP contribution in [0.4, 0.5) is 0 Å². The molecule has 2 rings (SSSR count). The molecule has 0 amide bonds. The number of hydrogen-bond acceptors (Lipinski definition) is 5. The topological polar surface area (TPSA) is 71.2 Å². The standard InChI is InChI=1S/C13H17N3O2/c1-3-11(14-4-2)13-16-15-12(18-13)9-6-5-7-10(17)8-9/h5-8,11,14,17H,3-4H2,1-2H3. The Morgan fingerprint density at radius 1 is 1.33 bits per heavy atom. The minimum Gasteiger partial charge on any atom is -0.508 e. The highest BCUT2D eigenvalue weighted by Gasteiger charge is 2.16. The summed E-state index contributed by atoms with van der Waals surface area (Å²) in [6.07, 6.45) is 0.884. The molecule has 2 N–H and O–H groups in total. The van der Waals surface area contributed by atoms with Crippen LogP contribution in [-0.2, 0) is 0 Å². The van der Waals surface area contributed by atoms with E-state index in [2.05, 4.69) is 22.4 Å². The van der Waals surface area contributed by atoms with Crippen molar-refractivity contribution in [2.75, 3.05) is 6.54 Å². The first-order valence-electron chi connectivity index (χ1n) is 6.10. The summed E-state index contributed by atoms with van der Waals surface area (Å²) >= 11 is 0. The predicted molar refractivity (Wildman–Crippen MR) is 68.1 cm³/mol. The Kier molecular flexibility index (Phi) is 3.94. The number of aromatic hydroxyl groups is 1. The largest absolute Gasteiger partial charge is 0.508 e. The molecule has 0 spiro atoms. The second-order valence-corrected chi connectivity index (χ2v) is 4.01. The van der Waals surface area contributed by atoms with E-state index in [-0.39, 0.29) is 11.8 Å². The number of phenolic OH excluding ortho intramolecular Hbond substituents is 1. The highest BCUT2D eigenvalue weighted by atomic mass is 16.4. The molecule has 0 fully saturated rings. The normalized spacial score (nSPS) is 12.6. The average Bonchev–Trinajstić information content (AvgIpc) is 2.85. The SMILES string of the molecule is CCNC(CC)c1nnc(-c2cccc(O)c2)o1. The van der Waals surface area contributed by atoms with Gasteiger partial charge in [-0.2, -0.15) is 0 Å². The highest BCUT2D eigenvalue weighted by molar-refractivity contribution is 5.55. The first-order valence-corrected chi connectivity index (χ1v) is 6.10. The fraction of sp³-hybridized carbons (Fsp3) is 0.385. The Bertz CT molecular complexity index is 510. The van der Waals surface area contributed by atoms with E-state index in [0.717, 1.165) is 18.5 Å². The minimum absolute atomic E-state index is 0.0774. The number of aromatic nitrogens is 2. The fourth-order valence-electron chi connectivity index (χ4n) is 1.78. The highest BCUT2D eigenvalue weighted by Crippen LogP contribution is 2.24. The lowest BCUT2D eigenvalue weighted by Crippen LogP contribution is -2.20. The fourth-order valence-corrected chi connectivity index (χ4v) is 1.78. The molecule has 1 heterocycles. The van der Waals surface area contributed by atoms with Crippen LogP contribution in [0.25, 0.3) is 11.5 Å². The van der Waals surface area contributed by atoms with Gasteiger partial charge in [-0.15, -0.1) is 10.2 Å². The predicted octanol–water partition coefficient (Wildman–Crippen LogP) is 2.50. The van der Waals surface area contributed by atoms with Crippen molar-refractivity contribution in [3.63, 3.8) is 0 Å². The van der Waals surface area contributed by atoms with E-state index < -0.39 is 0 Å². The Morgan fingerprint density at radius 3 is 2.83 bits per heavy atom. The number of phenols is 1. The van der Waals surface area contributed by atoms with Crippen LogP contribution in [0.3, 0.4) is 0 Å². The molecule has 18 heavy (non-hydrogen) atoms. The quantitative estimate of drug-likeness (QED) is 0.849. The molecule has 1 atom stereocenters. The summed E-state index contributed by atoms with van der Waals surface area (Å²) < 4.78 is 5.63. The summed E-state index contributed by atoms with van der Waals surface area (Å²) in [6, 6.07) is 6.86. The lowest BCUT2D eigenvalue weighted by Gasteiger charge is -2.09. The van der Waals surface area contributed by atoms with Gasteiger partial charge < -0.3 is 14.8 Å². The van der Waals surface area contributed by atoms with E-state index in [0.29, 0.717) is 11.8 Å². The molecule has 0 aliphatic rings. The number of hydrogen-bond donors (Lipinski definition) is 2. The van der Waals surface area contributed by atoms with Gasteiger partial charge in [0, 0.05) is 5.56 Å². The van der Waals surface area contributed by atoms with Gasteiger partial charge in [0.05, 0.1) is 6.04 Å². The van der Waals surface area contributed by atoms with E-state index in [1.54, 1.807) is 18.2 Å². The van der Waals surface area contributed by atoms with Crippen molar-refractivity contribution >= 4 is 0 Å². The van der Waals surface area contributed by atoms with Crippen molar-refractivity contribution in [2.45, 2.75) is 26.3 Å². The summed E-state index contributed by atoms with van der Waals surface area (Å²) in [5.74, 6) is 1.20. The van der Waals surface area contributed by atoms with Gasteiger partial charge in [0.2, 0.25) is 11.8 Å². The van der Waals surface area contributed by atoms with Crippen molar-refractivity contribution in [1.82, 2.24) is 15.5 Å². The molecule has 1 unspecified atom stereocenters. The van der Waals surface area contributed by atoms with E-state index in [1.165, 1.54) is 0 Å². The van der Waals surface area contributed by atoms with Gasteiger partial charge in [-0.25, -0.2) is 0 Å². The zero-order valence-electron chi connectivity index (χ0n) is 10.6. The number of nitrogens with zero attached hydrogens (tertiary/aromatic N) is 2. The molecule has 5 heteroatoms. The summed E-state index contributed by atoms with van der Waals surface area (Å²) in [5.41, 5.74) is 0.722. The maximum Gasteiger partial charge on any atom is 0.247 e. The molecule has 1 aromatic carbocycles. The molecule has 0 bridgehead atoms. The van der Waals surface area contributed by atoms with Crippen molar-refractivity contribution in [3.05, 3.63) is 30.2 Å². The summed E-state index contributed by atoms with van der Waals surface area (Å²) in [4.78, 5) is 0. The van der Waals surface area contributed by atoms with Gasteiger partial charge in [0.1, 0.15) is 5.75 Å². The lowest BCUT2D eigenvalue weighted by molar-refractivity contribution is 0.401. The molecule has 2 aromatic rings. The van der Waals surface area contributed by atoms with Crippen molar-refractivity contribution in [3.8, 4) is 17.2 Å². The third kappa shape index (κ3) is 2.68. The molecule has 5 nitrogen and oxygen atoms in total. The molecule has 0 saturated heterocycles. The molecule has 1 aromatic heterocycles. The molecule has 0 radical (unpaired) electrons. The Labute approximate surface area is 106 Å². The van der Waals surface area contributed by atoms with Crippen LogP contribution >= 0.6 is 0 Å². The molecule has 0 aliphatic heterocycles. The molecule has 0 aliphatic carbocycles. The third-order valence-electron chi connectivity index (χ3n) is 2.69. The first kappa shape index (κ1) is 12.6. The van der Waals surface area contributed by atoms with E-state index >= 15 is 0 Å². The van der Waals surface area contributed by atoms with Crippen LogP contribution in [0.2, 0.25) is 0 Å². The van der Waals surface area contributed by atoms with Gasteiger partial charge in [-0.3, -0.25) is 0 Å². The van der Waals surface area contributed by atoms with Crippen LogP contribution in [0.1, 0.15) is 32.2 Å². The summed E-state index contributed by atoms with van der Waals surface area (Å²) in [5, 5.41) is 20.8. The molecule has 96 valence electrons. The zero-order valence-corrected chi connectivity index (χ0v) is 10.6. The Morgan fingerprint density at radius 2 is 2.17 bits per heavy atom. The maximum atomic E-state index is 9.42. The number of benzene rings is 1. The van der Waals surface area contributed by atoms with E-state index in [9.17, 15) is 5.11 Å². The first-order chi connectivity index (χ1) is 8.74. The minimum atomic E-state index is 0.0774.